The number of carboxylic acid groups (broad SMARTS) is 1. The minimum absolute atomic E-state index is 0.0220. The fraction of sp³-hybridized carbons (Fsp3) is 0.182. The van der Waals surface area contributed by atoms with Crippen molar-refractivity contribution >= 4 is 17.5 Å². The van der Waals surface area contributed by atoms with Gasteiger partial charge in [0.25, 0.3) is 0 Å². The van der Waals surface area contributed by atoms with E-state index in [0.717, 1.165) is 0 Å². The average Bonchev–Trinajstić information content (AvgIpc) is 2.66. The Balaban J connectivity index is 2.66. The molecule has 2 aromatic rings. The lowest BCUT2D eigenvalue weighted by atomic mass is 10.3. The summed E-state index contributed by atoms with van der Waals surface area (Å²) < 4.78 is 5.93. The van der Waals surface area contributed by atoms with Crippen LogP contribution >= 0.6 is 0 Å². The van der Waals surface area contributed by atoms with E-state index in [1.165, 1.54) is 29.8 Å². The standard InChI is InChI=1S/C11H10N2O5/c1-18-11(17)10-7-3-2-6(14)5-13(7)8(12-10)4-9(15)16/h2-3,5,14H,4H2,1H3,(H,15,16). The summed E-state index contributed by atoms with van der Waals surface area (Å²) in [7, 11) is 1.21. The van der Waals surface area contributed by atoms with Gasteiger partial charge >= 0.3 is 11.9 Å². The molecule has 0 aliphatic heterocycles. The third-order valence-electron chi connectivity index (χ3n) is 2.38. The van der Waals surface area contributed by atoms with E-state index in [4.69, 9.17) is 5.11 Å². The van der Waals surface area contributed by atoms with Crippen LogP contribution in [0.2, 0.25) is 0 Å². The molecular weight excluding hydrogens is 240 g/mol. The van der Waals surface area contributed by atoms with E-state index in [9.17, 15) is 14.7 Å². The number of nitrogens with zero attached hydrogens (tertiary/aromatic N) is 2. The maximum atomic E-state index is 11.5. The van der Waals surface area contributed by atoms with Gasteiger partial charge in [0, 0.05) is 0 Å². The molecule has 18 heavy (non-hydrogen) atoms. The van der Waals surface area contributed by atoms with Crippen molar-refractivity contribution in [2.45, 2.75) is 6.42 Å². The first-order chi connectivity index (χ1) is 8.52. The highest BCUT2D eigenvalue weighted by atomic mass is 16.5. The summed E-state index contributed by atoms with van der Waals surface area (Å²) in [4.78, 5) is 26.2. The Morgan fingerprint density at radius 1 is 1.44 bits per heavy atom. The van der Waals surface area contributed by atoms with Crippen molar-refractivity contribution in [1.82, 2.24) is 9.38 Å². The third-order valence-corrected chi connectivity index (χ3v) is 2.38. The van der Waals surface area contributed by atoms with Crippen molar-refractivity contribution in [1.29, 1.82) is 0 Å². The molecule has 0 fully saturated rings. The molecule has 94 valence electrons. The molecule has 0 aliphatic carbocycles. The predicted molar refractivity (Wildman–Crippen MR) is 59.5 cm³/mol. The van der Waals surface area contributed by atoms with E-state index >= 15 is 0 Å². The van der Waals surface area contributed by atoms with E-state index in [-0.39, 0.29) is 23.7 Å². The number of ether oxygens (including phenoxy) is 1. The molecule has 7 heteroatoms. The van der Waals surface area contributed by atoms with Crippen LogP contribution in [0.15, 0.2) is 18.3 Å². The zero-order chi connectivity index (χ0) is 13.3. The fourth-order valence-electron chi connectivity index (χ4n) is 1.64. The van der Waals surface area contributed by atoms with Gasteiger partial charge < -0.3 is 14.9 Å². The first kappa shape index (κ1) is 11.9. The number of hydrogen-bond acceptors (Lipinski definition) is 5. The molecule has 2 aromatic heterocycles. The van der Waals surface area contributed by atoms with Gasteiger partial charge in [0.1, 0.15) is 18.0 Å². The van der Waals surface area contributed by atoms with Gasteiger partial charge in [-0.05, 0) is 12.1 Å². The normalized spacial score (nSPS) is 10.5. The Morgan fingerprint density at radius 2 is 2.17 bits per heavy atom. The molecular formula is C11H10N2O5. The summed E-state index contributed by atoms with van der Waals surface area (Å²) in [5.74, 6) is -1.65. The molecule has 2 rings (SSSR count). The number of aromatic nitrogens is 2. The Morgan fingerprint density at radius 3 is 2.78 bits per heavy atom. The molecule has 0 amide bonds. The highest BCUT2D eigenvalue weighted by Gasteiger charge is 2.19. The van der Waals surface area contributed by atoms with E-state index in [1.807, 2.05) is 0 Å². The number of carbonyl (C=O) groups is 2. The van der Waals surface area contributed by atoms with Crippen molar-refractivity contribution in [2.75, 3.05) is 7.11 Å². The Kier molecular flexibility index (Phi) is 2.88. The molecule has 0 spiro atoms. The Hall–Kier alpha value is -2.57. The van der Waals surface area contributed by atoms with Crippen molar-refractivity contribution in [3.63, 3.8) is 0 Å². The molecule has 0 radical (unpaired) electrons. The average molecular weight is 250 g/mol. The number of carbonyl (C=O) groups excluding carboxylic acids is 1. The van der Waals surface area contributed by atoms with E-state index in [2.05, 4.69) is 9.72 Å². The molecule has 0 atom stereocenters. The number of aromatic hydroxyl groups is 1. The molecule has 0 aromatic carbocycles. The lowest BCUT2D eigenvalue weighted by Crippen LogP contribution is -2.05. The van der Waals surface area contributed by atoms with Crippen LogP contribution in [0.25, 0.3) is 5.52 Å². The number of rotatable bonds is 3. The smallest absolute Gasteiger partial charge is 0.358 e. The van der Waals surface area contributed by atoms with Crippen LogP contribution in [-0.4, -0.2) is 38.6 Å². The zero-order valence-corrected chi connectivity index (χ0v) is 9.45. The first-order valence-electron chi connectivity index (χ1n) is 5.03. The maximum absolute atomic E-state index is 11.5. The van der Waals surface area contributed by atoms with Gasteiger partial charge in [-0.3, -0.25) is 9.20 Å². The molecule has 2 N–H and O–H groups in total. The zero-order valence-electron chi connectivity index (χ0n) is 9.45. The number of esters is 1. The molecule has 0 bridgehead atoms. The summed E-state index contributed by atoms with van der Waals surface area (Å²) in [6, 6.07) is 2.86. The largest absolute Gasteiger partial charge is 0.506 e. The molecule has 0 saturated heterocycles. The number of carboxylic acids is 1. The Labute approximate surface area is 101 Å². The fourth-order valence-corrected chi connectivity index (χ4v) is 1.64. The molecule has 0 aliphatic rings. The monoisotopic (exact) mass is 250 g/mol. The van der Waals surface area contributed by atoms with E-state index in [1.54, 1.807) is 0 Å². The third kappa shape index (κ3) is 1.97. The highest BCUT2D eigenvalue weighted by Crippen LogP contribution is 2.18. The van der Waals surface area contributed by atoms with Crippen LogP contribution in [0.3, 0.4) is 0 Å². The van der Waals surface area contributed by atoms with Crippen LogP contribution in [0.4, 0.5) is 0 Å². The number of pyridine rings is 1. The lowest BCUT2D eigenvalue weighted by molar-refractivity contribution is -0.136. The summed E-state index contributed by atoms with van der Waals surface area (Å²) in [6.07, 6.45) is 0.939. The number of hydrogen-bond donors (Lipinski definition) is 2. The van der Waals surface area contributed by atoms with E-state index < -0.39 is 11.9 Å². The van der Waals surface area contributed by atoms with Crippen LogP contribution in [-0.2, 0) is 16.0 Å². The second kappa shape index (κ2) is 4.36. The summed E-state index contributed by atoms with van der Waals surface area (Å²) >= 11 is 0. The lowest BCUT2D eigenvalue weighted by Gasteiger charge is -1.99. The van der Waals surface area contributed by atoms with Crippen LogP contribution in [0, 0.1) is 0 Å². The Bertz CT molecular complexity index is 632. The molecule has 0 saturated carbocycles. The molecule has 0 unspecified atom stereocenters. The van der Waals surface area contributed by atoms with Gasteiger partial charge in [0.2, 0.25) is 0 Å². The maximum Gasteiger partial charge on any atom is 0.358 e. The minimum Gasteiger partial charge on any atom is -0.506 e. The van der Waals surface area contributed by atoms with Crippen molar-refractivity contribution < 1.29 is 24.5 Å². The summed E-state index contributed by atoms with van der Waals surface area (Å²) in [5, 5.41) is 18.2. The minimum atomic E-state index is -1.08. The number of methoxy groups -OCH3 is 1. The second-order valence-electron chi connectivity index (χ2n) is 3.58. The van der Waals surface area contributed by atoms with Crippen LogP contribution in [0.5, 0.6) is 5.75 Å². The predicted octanol–water partition coefficient (Wildman–Crippen LogP) is 0.454. The quantitative estimate of drug-likeness (QED) is 0.767. The van der Waals surface area contributed by atoms with Crippen molar-refractivity contribution in [2.24, 2.45) is 0 Å². The van der Waals surface area contributed by atoms with Gasteiger partial charge in [-0.15, -0.1) is 0 Å². The van der Waals surface area contributed by atoms with Crippen LogP contribution in [0.1, 0.15) is 16.3 Å². The topological polar surface area (TPSA) is 101 Å². The molecule has 2 heterocycles. The van der Waals surface area contributed by atoms with E-state index in [0.29, 0.717) is 5.52 Å². The van der Waals surface area contributed by atoms with Gasteiger partial charge in [0.05, 0.1) is 18.8 Å². The van der Waals surface area contributed by atoms with Gasteiger partial charge in [-0.1, -0.05) is 0 Å². The number of imidazole rings is 1. The second-order valence-corrected chi connectivity index (χ2v) is 3.58. The van der Waals surface area contributed by atoms with Gasteiger partial charge in [0.15, 0.2) is 5.69 Å². The summed E-state index contributed by atoms with van der Waals surface area (Å²) in [6.45, 7) is 0. The first-order valence-corrected chi connectivity index (χ1v) is 5.03. The van der Waals surface area contributed by atoms with Gasteiger partial charge in [-0.2, -0.15) is 0 Å². The van der Waals surface area contributed by atoms with Gasteiger partial charge in [-0.25, -0.2) is 9.78 Å². The molecule has 7 nitrogen and oxygen atoms in total. The number of fused-ring (bicyclic) bond motifs is 1. The highest BCUT2D eigenvalue weighted by molar-refractivity contribution is 5.95. The SMILES string of the molecule is COC(=O)c1nc(CC(=O)O)n2cc(O)ccc12. The van der Waals surface area contributed by atoms with Crippen molar-refractivity contribution in [3.05, 3.63) is 29.8 Å². The summed E-state index contributed by atoms with van der Waals surface area (Å²) in [5.41, 5.74) is 0.407. The van der Waals surface area contributed by atoms with Crippen molar-refractivity contribution in [3.8, 4) is 5.75 Å². The number of aliphatic carboxylic acids is 1. The van der Waals surface area contributed by atoms with Crippen LogP contribution < -0.4 is 0 Å².